The predicted molar refractivity (Wildman–Crippen MR) is 91.3 cm³/mol. The summed E-state index contributed by atoms with van der Waals surface area (Å²) in [6.07, 6.45) is 0. The van der Waals surface area contributed by atoms with Crippen molar-refractivity contribution in [1.82, 2.24) is 4.90 Å². The van der Waals surface area contributed by atoms with Crippen molar-refractivity contribution in [3.8, 4) is 5.75 Å². The van der Waals surface area contributed by atoms with E-state index in [2.05, 4.69) is 0 Å². The van der Waals surface area contributed by atoms with Crippen LogP contribution in [0.4, 0.5) is 5.69 Å². The summed E-state index contributed by atoms with van der Waals surface area (Å²) in [7, 11) is 1.65. The first-order valence-electron chi connectivity index (χ1n) is 7.23. The Morgan fingerprint density at radius 3 is 2.54 bits per heavy atom. The molecule has 2 aromatic carbocycles. The molecule has 0 fully saturated rings. The van der Waals surface area contributed by atoms with Gasteiger partial charge in [0.2, 0.25) is 0 Å². The molecule has 0 aliphatic carbocycles. The van der Waals surface area contributed by atoms with Crippen molar-refractivity contribution in [2.45, 2.75) is 13.5 Å². The lowest BCUT2D eigenvalue weighted by molar-refractivity contribution is -0.385. The van der Waals surface area contributed by atoms with Crippen molar-refractivity contribution in [2.24, 2.45) is 0 Å². The average molecular weight is 349 g/mol. The van der Waals surface area contributed by atoms with E-state index in [1.807, 2.05) is 31.2 Å². The van der Waals surface area contributed by atoms with Crippen LogP contribution in [0.2, 0.25) is 5.02 Å². The van der Waals surface area contributed by atoms with E-state index in [0.717, 1.165) is 11.1 Å². The predicted octanol–water partition coefficient (Wildman–Crippen LogP) is 3.59. The highest BCUT2D eigenvalue weighted by Gasteiger charge is 2.18. The third kappa shape index (κ3) is 4.70. The molecule has 0 atom stereocenters. The molecule has 2 aromatic rings. The number of nitro groups is 1. The van der Waals surface area contributed by atoms with E-state index in [0.29, 0.717) is 6.54 Å². The first kappa shape index (κ1) is 17.7. The molecule has 0 saturated carbocycles. The Morgan fingerprint density at radius 1 is 1.25 bits per heavy atom. The number of amides is 1. The molecule has 7 heteroatoms. The molecule has 0 aliphatic rings. The maximum atomic E-state index is 12.1. The minimum atomic E-state index is -0.596. The zero-order chi connectivity index (χ0) is 17.7. The molecule has 6 nitrogen and oxygen atoms in total. The van der Waals surface area contributed by atoms with Crippen LogP contribution >= 0.6 is 11.6 Å². The second-order valence-electron chi connectivity index (χ2n) is 5.39. The van der Waals surface area contributed by atoms with Gasteiger partial charge in [0, 0.05) is 24.7 Å². The molecule has 0 N–H and O–H groups in total. The quantitative estimate of drug-likeness (QED) is 0.590. The first-order valence-corrected chi connectivity index (χ1v) is 7.61. The van der Waals surface area contributed by atoms with Gasteiger partial charge in [0.25, 0.3) is 5.91 Å². The van der Waals surface area contributed by atoms with E-state index in [1.54, 1.807) is 7.05 Å². The van der Waals surface area contributed by atoms with Crippen LogP contribution in [0.1, 0.15) is 11.1 Å². The van der Waals surface area contributed by atoms with Crippen molar-refractivity contribution < 1.29 is 14.5 Å². The van der Waals surface area contributed by atoms with Crippen molar-refractivity contribution in [3.05, 3.63) is 68.7 Å². The number of halogens is 1. The monoisotopic (exact) mass is 348 g/mol. The lowest BCUT2D eigenvalue weighted by Crippen LogP contribution is -2.31. The summed E-state index contributed by atoms with van der Waals surface area (Å²) in [6.45, 7) is 2.14. The fraction of sp³-hybridized carbons (Fsp3) is 0.235. The molecule has 2 rings (SSSR count). The molecule has 0 saturated heterocycles. The molecule has 0 radical (unpaired) electrons. The molecular weight excluding hydrogens is 332 g/mol. The van der Waals surface area contributed by atoms with Crippen LogP contribution in [0.25, 0.3) is 0 Å². The van der Waals surface area contributed by atoms with Crippen molar-refractivity contribution in [3.63, 3.8) is 0 Å². The maximum Gasteiger partial charge on any atom is 0.312 e. The van der Waals surface area contributed by atoms with Gasteiger partial charge >= 0.3 is 5.69 Å². The van der Waals surface area contributed by atoms with Gasteiger partial charge in [0.1, 0.15) is 0 Å². The Kier molecular flexibility index (Phi) is 5.76. The maximum absolute atomic E-state index is 12.1. The smallest absolute Gasteiger partial charge is 0.312 e. The Labute approximate surface area is 144 Å². The molecule has 0 aliphatic heterocycles. The minimum absolute atomic E-state index is 0.0153. The third-order valence-electron chi connectivity index (χ3n) is 3.43. The molecule has 1 amide bonds. The number of hydrogen-bond donors (Lipinski definition) is 0. The average Bonchev–Trinajstić information content (AvgIpc) is 2.55. The molecule has 0 bridgehead atoms. The molecular formula is C17H17ClN2O4. The Bertz CT molecular complexity index is 747. The van der Waals surface area contributed by atoms with Gasteiger partial charge in [-0.1, -0.05) is 41.4 Å². The van der Waals surface area contributed by atoms with Crippen molar-refractivity contribution in [2.75, 3.05) is 13.7 Å². The van der Waals surface area contributed by atoms with Crippen molar-refractivity contribution in [1.29, 1.82) is 0 Å². The Morgan fingerprint density at radius 2 is 1.92 bits per heavy atom. The van der Waals surface area contributed by atoms with Crippen LogP contribution in [0.15, 0.2) is 42.5 Å². The molecule has 0 heterocycles. The van der Waals surface area contributed by atoms with E-state index < -0.39 is 4.92 Å². The summed E-state index contributed by atoms with van der Waals surface area (Å²) >= 11 is 5.74. The number of nitrogens with zero attached hydrogens (tertiary/aromatic N) is 2. The number of carbonyl (C=O) groups is 1. The fourth-order valence-electron chi connectivity index (χ4n) is 2.06. The molecule has 126 valence electrons. The normalized spacial score (nSPS) is 10.3. The van der Waals surface area contributed by atoms with Crippen LogP contribution in [-0.4, -0.2) is 29.4 Å². The van der Waals surface area contributed by atoms with E-state index in [-0.39, 0.29) is 29.0 Å². The minimum Gasteiger partial charge on any atom is -0.477 e. The van der Waals surface area contributed by atoms with Crippen LogP contribution in [0.5, 0.6) is 5.75 Å². The van der Waals surface area contributed by atoms with Crippen LogP contribution < -0.4 is 4.74 Å². The number of benzene rings is 2. The van der Waals surface area contributed by atoms with Gasteiger partial charge in [-0.25, -0.2) is 0 Å². The molecule has 0 spiro atoms. The number of hydrogen-bond acceptors (Lipinski definition) is 4. The number of rotatable bonds is 6. The standard InChI is InChI=1S/C17H17ClN2O4/c1-12-3-5-13(6-4-12)10-19(2)17(21)11-24-16-8-7-14(18)9-15(16)20(22)23/h3-9H,10-11H2,1-2H3. The molecule has 0 aromatic heterocycles. The van der Waals surface area contributed by atoms with Gasteiger partial charge in [-0.05, 0) is 24.6 Å². The van der Waals surface area contributed by atoms with Gasteiger partial charge in [0.15, 0.2) is 12.4 Å². The van der Waals surface area contributed by atoms with E-state index in [1.165, 1.54) is 23.1 Å². The highest BCUT2D eigenvalue weighted by Crippen LogP contribution is 2.29. The number of carbonyl (C=O) groups excluding carboxylic acids is 1. The summed E-state index contributed by atoms with van der Waals surface area (Å²) in [5, 5.41) is 11.2. The van der Waals surface area contributed by atoms with Crippen LogP contribution in [0, 0.1) is 17.0 Å². The summed E-state index contributed by atoms with van der Waals surface area (Å²) < 4.78 is 5.30. The lowest BCUT2D eigenvalue weighted by atomic mass is 10.1. The summed E-state index contributed by atoms with van der Waals surface area (Å²) in [4.78, 5) is 24.0. The summed E-state index contributed by atoms with van der Waals surface area (Å²) in [5.41, 5.74) is 1.87. The number of ether oxygens (including phenoxy) is 1. The van der Waals surface area contributed by atoms with Gasteiger partial charge in [0.05, 0.1) is 4.92 Å². The summed E-state index contributed by atoms with van der Waals surface area (Å²) in [6, 6.07) is 11.9. The lowest BCUT2D eigenvalue weighted by Gasteiger charge is -2.17. The number of likely N-dealkylation sites (N-methyl/N-ethyl adjacent to an activating group) is 1. The highest BCUT2D eigenvalue weighted by molar-refractivity contribution is 6.30. The second-order valence-corrected chi connectivity index (χ2v) is 5.83. The molecule has 24 heavy (non-hydrogen) atoms. The van der Waals surface area contributed by atoms with Gasteiger partial charge in [-0.15, -0.1) is 0 Å². The van der Waals surface area contributed by atoms with Gasteiger partial charge in [-0.3, -0.25) is 14.9 Å². The summed E-state index contributed by atoms with van der Waals surface area (Å²) in [5.74, 6) is -0.263. The zero-order valence-corrected chi connectivity index (χ0v) is 14.1. The van der Waals surface area contributed by atoms with Crippen molar-refractivity contribution >= 4 is 23.2 Å². The van der Waals surface area contributed by atoms with Crippen LogP contribution in [0.3, 0.4) is 0 Å². The van der Waals surface area contributed by atoms with Crippen LogP contribution in [-0.2, 0) is 11.3 Å². The Balaban J connectivity index is 1.97. The third-order valence-corrected chi connectivity index (χ3v) is 3.67. The van der Waals surface area contributed by atoms with E-state index in [4.69, 9.17) is 16.3 Å². The number of aryl methyl sites for hydroxylation is 1. The first-order chi connectivity index (χ1) is 11.4. The highest BCUT2D eigenvalue weighted by atomic mass is 35.5. The zero-order valence-electron chi connectivity index (χ0n) is 13.4. The SMILES string of the molecule is Cc1ccc(CN(C)C(=O)COc2ccc(Cl)cc2[N+](=O)[O-])cc1. The topological polar surface area (TPSA) is 72.7 Å². The number of nitro benzene ring substituents is 1. The van der Waals surface area contributed by atoms with Gasteiger partial charge < -0.3 is 9.64 Å². The van der Waals surface area contributed by atoms with Gasteiger partial charge in [-0.2, -0.15) is 0 Å². The largest absolute Gasteiger partial charge is 0.477 e. The Hall–Kier alpha value is -2.60. The second kappa shape index (κ2) is 7.79. The van der Waals surface area contributed by atoms with E-state index in [9.17, 15) is 14.9 Å². The van der Waals surface area contributed by atoms with E-state index >= 15 is 0 Å². The fourth-order valence-corrected chi connectivity index (χ4v) is 2.23. The molecule has 0 unspecified atom stereocenters.